The van der Waals surface area contributed by atoms with Gasteiger partial charge in [0.1, 0.15) is 5.69 Å². The SMILES string of the molecule is CCC(CCO)NC(=O)c1cccn1Cc1ccccc1. The molecule has 112 valence electrons. The Morgan fingerprint density at radius 1 is 1.24 bits per heavy atom. The number of hydrogen-bond donors (Lipinski definition) is 2. The molecule has 2 N–H and O–H groups in total. The first-order valence-electron chi connectivity index (χ1n) is 7.35. The first kappa shape index (κ1) is 15.3. The van der Waals surface area contributed by atoms with E-state index in [1.807, 2.05) is 60.2 Å². The number of aromatic nitrogens is 1. The zero-order chi connectivity index (χ0) is 15.1. The predicted molar refractivity (Wildman–Crippen MR) is 83.2 cm³/mol. The molecule has 4 heteroatoms. The third-order valence-electron chi connectivity index (χ3n) is 3.56. The van der Waals surface area contributed by atoms with Gasteiger partial charge in [0.25, 0.3) is 5.91 Å². The van der Waals surface area contributed by atoms with Crippen molar-refractivity contribution in [2.24, 2.45) is 0 Å². The second-order valence-electron chi connectivity index (χ2n) is 5.10. The minimum Gasteiger partial charge on any atom is -0.396 e. The van der Waals surface area contributed by atoms with Crippen LogP contribution in [0.25, 0.3) is 0 Å². The molecule has 1 amide bonds. The monoisotopic (exact) mass is 286 g/mol. The van der Waals surface area contributed by atoms with Gasteiger partial charge in [0.2, 0.25) is 0 Å². The van der Waals surface area contributed by atoms with Crippen LogP contribution in [0.2, 0.25) is 0 Å². The summed E-state index contributed by atoms with van der Waals surface area (Å²) in [5.74, 6) is -0.0868. The lowest BCUT2D eigenvalue weighted by Crippen LogP contribution is -2.36. The minimum atomic E-state index is -0.0868. The number of amides is 1. The molecule has 21 heavy (non-hydrogen) atoms. The van der Waals surface area contributed by atoms with Crippen molar-refractivity contribution in [2.75, 3.05) is 6.61 Å². The third-order valence-corrected chi connectivity index (χ3v) is 3.56. The highest BCUT2D eigenvalue weighted by molar-refractivity contribution is 5.93. The van der Waals surface area contributed by atoms with E-state index >= 15 is 0 Å². The van der Waals surface area contributed by atoms with Crippen LogP contribution >= 0.6 is 0 Å². The van der Waals surface area contributed by atoms with Crippen LogP contribution in [0.3, 0.4) is 0 Å². The fourth-order valence-electron chi connectivity index (χ4n) is 2.33. The lowest BCUT2D eigenvalue weighted by atomic mass is 10.1. The van der Waals surface area contributed by atoms with Crippen molar-refractivity contribution < 1.29 is 9.90 Å². The van der Waals surface area contributed by atoms with Crippen molar-refractivity contribution in [2.45, 2.75) is 32.4 Å². The van der Waals surface area contributed by atoms with E-state index in [1.165, 1.54) is 0 Å². The van der Waals surface area contributed by atoms with Crippen molar-refractivity contribution in [3.63, 3.8) is 0 Å². The van der Waals surface area contributed by atoms with Gasteiger partial charge in [-0.2, -0.15) is 0 Å². The summed E-state index contributed by atoms with van der Waals surface area (Å²) in [6.07, 6.45) is 3.31. The number of hydrogen-bond acceptors (Lipinski definition) is 2. The zero-order valence-electron chi connectivity index (χ0n) is 12.3. The molecule has 0 fully saturated rings. The summed E-state index contributed by atoms with van der Waals surface area (Å²) in [6.45, 7) is 2.76. The largest absolute Gasteiger partial charge is 0.396 e. The van der Waals surface area contributed by atoms with Crippen molar-refractivity contribution >= 4 is 5.91 Å². The summed E-state index contributed by atoms with van der Waals surface area (Å²) < 4.78 is 1.94. The van der Waals surface area contributed by atoms with E-state index in [9.17, 15) is 4.79 Å². The van der Waals surface area contributed by atoms with E-state index in [-0.39, 0.29) is 18.6 Å². The van der Waals surface area contributed by atoms with E-state index in [2.05, 4.69) is 5.32 Å². The maximum atomic E-state index is 12.3. The molecule has 1 atom stereocenters. The zero-order valence-corrected chi connectivity index (χ0v) is 12.3. The van der Waals surface area contributed by atoms with E-state index in [0.717, 1.165) is 12.0 Å². The molecule has 2 aromatic rings. The van der Waals surface area contributed by atoms with E-state index in [4.69, 9.17) is 5.11 Å². The smallest absolute Gasteiger partial charge is 0.268 e. The van der Waals surface area contributed by atoms with Crippen molar-refractivity contribution in [1.82, 2.24) is 9.88 Å². The second-order valence-corrected chi connectivity index (χ2v) is 5.10. The van der Waals surface area contributed by atoms with Crippen LogP contribution in [0.1, 0.15) is 35.8 Å². The number of nitrogens with one attached hydrogen (secondary N) is 1. The average Bonchev–Trinajstić information content (AvgIpc) is 2.96. The van der Waals surface area contributed by atoms with Gasteiger partial charge >= 0.3 is 0 Å². The number of carbonyl (C=O) groups excluding carboxylic acids is 1. The highest BCUT2D eigenvalue weighted by Crippen LogP contribution is 2.09. The molecule has 0 saturated heterocycles. The van der Waals surface area contributed by atoms with Crippen molar-refractivity contribution in [3.05, 3.63) is 59.9 Å². The van der Waals surface area contributed by atoms with E-state index < -0.39 is 0 Å². The maximum absolute atomic E-state index is 12.3. The molecular weight excluding hydrogens is 264 g/mol. The Kier molecular flexibility index (Phi) is 5.58. The van der Waals surface area contributed by atoms with Crippen LogP contribution in [-0.2, 0) is 6.54 Å². The molecule has 1 aromatic heterocycles. The molecule has 1 heterocycles. The second kappa shape index (κ2) is 7.64. The summed E-state index contributed by atoms with van der Waals surface area (Å²) in [5.41, 5.74) is 1.81. The summed E-state index contributed by atoms with van der Waals surface area (Å²) in [5, 5.41) is 12.0. The highest BCUT2D eigenvalue weighted by atomic mass is 16.3. The van der Waals surface area contributed by atoms with Crippen LogP contribution in [0.15, 0.2) is 48.7 Å². The van der Waals surface area contributed by atoms with Crippen molar-refractivity contribution in [1.29, 1.82) is 0 Å². The van der Waals surface area contributed by atoms with Gasteiger partial charge in [-0.3, -0.25) is 4.79 Å². The first-order chi connectivity index (χ1) is 10.2. The summed E-state index contributed by atoms with van der Waals surface area (Å²) in [7, 11) is 0. The molecule has 0 radical (unpaired) electrons. The number of rotatable bonds is 7. The summed E-state index contributed by atoms with van der Waals surface area (Å²) >= 11 is 0. The average molecular weight is 286 g/mol. The quantitative estimate of drug-likeness (QED) is 0.821. The number of aliphatic hydroxyl groups is 1. The van der Waals surface area contributed by atoms with Crippen LogP contribution in [0, 0.1) is 0 Å². The normalized spacial score (nSPS) is 12.1. The van der Waals surface area contributed by atoms with E-state index in [1.54, 1.807) is 0 Å². The van der Waals surface area contributed by atoms with Gasteiger partial charge in [0.05, 0.1) is 0 Å². The Labute approximate surface area is 125 Å². The Morgan fingerprint density at radius 3 is 2.67 bits per heavy atom. The Balaban J connectivity index is 2.07. The van der Waals surface area contributed by atoms with Gasteiger partial charge in [0, 0.05) is 25.4 Å². The molecule has 0 spiro atoms. The summed E-state index contributed by atoms with van der Waals surface area (Å²) in [6, 6.07) is 13.8. The molecule has 1 unspecified atom stereocenters. The van der Waals surface area contributed by atoms with Crippen LogP contribution in [0.5, 0.6) is 0 Å². The predicted octanol–water partition coefficient (Wildman–Crippen LogP) is 2.43. The van der Waals surface area contributed by atoms with Crippen LogP contribution in [-0.4, -0.2) is 28.2 Å². The number of aliphatic hydroxyl groups excluding tert-OH is 1. The molecule has 1 aromatic carbocycles. The molecular formula is C17H22N2O2. The maximum Gasteiger partial charge on any atom is 0.268 e. The van der Waals surface area contributed by atoms with Gasteiger partial charge in [-0.25, -0.2) is 0 Å². The minimum absolute atomic E-state index is 0.0163. The lowest BCUT2D eigenvalue weighted by Gasteiger charge is -2.16. The fourth-order valence-corrected chi connectivity index (χ4v) is 2.33. The Hall–Kier alpha value is -2.07. The molecule has 0 bridgehead atoms. The fraction of sp³-hybridized carbons (Fsp3) is 0.353. The topological polar surface area (TPSA) is 54.3 Å². The Morgan fingerprint density at radius 2 is 2.00 bits per heavy atom. The van der Waals surface area contributed by atoms with Crippen LogP contribution < -0.4 is 5.32 Å². The van der Waals surface area contributed by atoms with E-state index in [0.29, 0.717) is 18.7 Å². The number of carbonyl (C=O) groups is 1. The molecule has 0 aliphatic carbocycles. The third kappa shape index (κ3) is 4.20. The molecule has 2 rings (SSSR count). The van der Waals surface area contributed by atoms with Gasteiger partial charge in [-0.15, -0.1) is 0 Å². The number of nitrogens with zero attached hydrogens (tertiary/aromatic N) is 1. The lowest BCUT2D eigenvalue weighted by molar-refractivity contribution is 0.0920. The van der Waals surface area contributed by atoms with Gasteiger partial charge in [0.15, 0.2) is 0 Å². The van der Waals surface area contributed by atoms with Gasteiger partial charge in [-0.05, 0) is 30.5 Å². The Bertz CT molecular complexity index is 563. The standard InChI is InChI=1S/C17H22N2O2/c1-2-15(10-12-20)18-17(21)16-9-6-11-19(16)13-14-7-4-3-5-8-14/h3-9,11,15,20H,2,10,12-13H2,1H3,(H,18,21). The molecule has 0 aliphatic heterocycles. The van der Waals surface area contributed by atoms with Gasteiger partial charge < -0.3 is 15.0 Å². The highest BCUT2D eigenvalue weighted by Gasteiger charge is 2.15. The van der Waals surface area contributed by atoms with Gasteiger partial charge in [-0.1, -0.05) is 37.3 Å². The molecule has 4 nitrogen and oxygen atoms in total. The molecule has 0 aliphatic rings. The number of benzene rings is 1. The van der Waals surface area contributed by atoms with Crippen molar-refractivity contribution in [3.8, 4) is 0 Å². The molecule has 0 saturated carbocycles. The summed E-state index contributed by atoms with van der Waals surface area (Å²) in [4.78, 5) is 12.3. The first-order valence-corrected chi connectivity index (χ1v) is 7.35. The van der Waals surface area contributed by atoms with Crippen LogP contribution in [0.4, 0.5) is 0 Å².